The van der Waals surface area contributed by atoms with Crippen LogP contribution in [0.1, 0.15) is 51.4 Å². The van der Waals surface area contributed by atoms with Crippen LogP contribution in [0.25, 0.3) is 0 Å². The third-order valence-electron chi connectivity index (χ3n) is 3.83. The fourth-order valence-electron chi connectivity index (χ4n) is 2.87. The highest BCUT2D eigenvalue weighted by Crippen LogP contribution is 2.42. The van der Waals surface area contributed by atoms with Crippen LogP contribution in [0, 0.1) is 11.8 Å². The lowest BCUT2D eigenvalue weighted by atomic mass is 9.67. The van der Waals surface area contributed by atoms with Crippen molar-refractivity contribution in [1.29, 1.82) is 0 Å². The molecule has 0 N–H and O–H groups in total. The first kappa shape index (κ1) is 10.5. The van der Waals surface area contributed by atoms with Gasteiger partial charge in [-0.05, 0) is 18.8 Å². The summed E-state index contributed by atoms with van der Waals surface area (Å²) >= 11 is 6.04. The molecule has 0 amide bonds. The molecule has 3 atom stereocenters. The number of Topliss-reactive ketones (excluding diaryl/α,β-unsaturated/α-hetero) is 1. The van der Waals surface area contributed by atoms with E-state index in [2.05, 4.69) is 0 Å². The molecule has 2 aliphatic rings. The number of hydrogen-bond donors (Lipinski definition) is 0. The molecule has 0 heterocycles. The summed E-state index contributed by atoms with van der Waals surface area (Å²) in [5.41, 5.74) is 0. The molecule has 0 aromatic heterocycles. The minimum atomic E-state index is -0.139. The van der Waals surface area contributed by atoms with Gasteiger partial charge >= 0.3 is 0 Å². The van der Waals surface area contributed by atoms with Gasteiger partial charge < -0.3 is 0 Å². The Bertz CT molecular complexity index is 214. The molecule has 0 bridgehead atoms. The van der Waals surface area contributed by atoms with Crippen LogP contribution in [0.15, 0.2) is 0 Å². The fraction of sp³-hybridized carbons (Fsp3) is 0.917. The molecule has 0 aromatic carbocycles. The van der Waals surface area contributed by atoms with Gasteiger partial charge in [0.15, 0.2) is 5.78 Å². The van der Waals surface area contributed by atoms with E-state index in [1.807, 2.05) is 0 Å². The second-order valence-electron chi connectivity index (χ2n) is 4.77. The highest BCUT2D eigenvalue weighted by molar-refractivity contribution is 6.34. The van der Waals surface area contributed by atoms with Gasteiger partial charge in [0.05, 0.1) is 5.38 Å². The molecule has 2 fully saturated rings. The molecule has 1 nitrogen and oxygen atoms in total. The molecule has 0 aliphatic heterocycles. The predicted molar refractivity (Wildman–Crippen MR) is 58.6 cm³/mol. The van der Waals surface area contributed by atoms with Crippen LogP contribution < -0.4 is 0 Å². The van der Waals surface area contributed by atoms with Crippen molar-refractivity contribution in [2.45, 2.75) is 56.7 Å². The summed E-state index contributed by atoms with van der Waals surface area (Å²) in [5.74, 6) is 1.18. The highest BCUT2D eigenvalue weighted by Gasteiger charge is 2.47. The van der Waals surface area contributed by atoms with E-state index in [1.165, 1.54) is 44.9 Å². The normalized spacial score (nSPS) is 39.8. The average Bonchev–Trinajstić information content (AvgIpc) is 2.23. The van der Waals surface area contributed by atoms with Gasteiger partial charge in [0.25, 0.3) is 0 Å². The van der Waals surface area contributed by atoms with Crippen molar-refractivity contribution in [3.63, 3.8) is 0 Å². The average molecular weight is 215 g/mol. The van der Waals surface area contributed by atoms with Gasteiger partial charge in [-0.3, -0.25) is 4.79 Å². The maximum atomic E-state index is 11.5. The fourth-order valence-corrected chi connectivity index (χ4v) is 3.33. The maximum absolute atomic E-state index is 11.5. The molecule has 0 unspecified atom stereocenters. The lowest BCUT2D eigenvalue weighted by Crippen LogP contribution is -2.48. The van der Waals surface area contributed by atoms with E-state index in [0.29, 0.717) is 17.6 Å². The Morgan fingerprint density at radius 3 is 2.21 bits per heavy atom. The van der Waals surface area contributed by atoms with Crippen molar-refractivity contribution >= 4 is 17.4 Å². The second-order valence-corrected chi connectivity index (χ2v) is 5.24. The summed E-state index contributed by atoms with van der Waals surface area (Å²) in [4.78, 5) is 11.5. The summed E-state index contributed by atoms with van der Waals surface area (Å²) < 4.78 is 0. The number of ketones is 1. The van der Waals surface area contributed by atoms with Gasteiger partial charge in [0.2, 0.25) is 0 Å². The van der Waals surface area contributed by atoms with Crippen LogP contribution in [0.2, 0.25) is 0 Å². The quantitative estimate of drug-likeness (QED) is 0.564. The standard InChI is InChI=1S/C12H19ClO/c13-11-9-7-5-3-1-2-4-6-8-10(9)12(11)14/h9-11H,1-8H2/t9-,10-,11-/m1/s1. The third-order valence-corrected chi connectivity index (χ3v) is 4.37. The largest absolute Gasteiger partial charge is 0.298 e. The molecule has 0 aromatic rings. The van der Waals surface area contributed by atoms with E-state index in [-0.39, 0.29) is 5.38 Å². The van der Waals surface area contributed by atoms with E-state index in [9.17, 15) is 4.79 Å². The maximum Gasteiger partial charge on any atom is 0.154 e. The molecule has 2 heteroatoms. The summed E-state index contributed by atoms with van der Waals surface area (Å²) in [6.07, 6.45) is 10.2. The number of carbonyl (C=O) groups is 1. The van der Waals surface area contributed by atoms with Crippen molar-refractivity contribution in [2.75, 3.05) is 0 Å². The molecule has 2 aliphatic carbocycles. The van der Waals surface area contributed by atoms with Crippen LogP contribution in [-0.4, -0.2) is 11.2 Å². The van der Waals surface area contributed by atoms with Crippen molar-refractivity contribution < 1.29 is 4.79 Å². The van der Waals surface area contributed by atoms with Gasteiger partial charge in [0.1, 0.15) is 0 Å². The van der Waals surface area contributed by atoms with Gasteiger partial charge in [0, 0.05) is 5.92 Å². The molecular formula is C12H19ClO. The highest BCUT2D eigenvalue weighted by atomic mass is 35.5. The third kappa shape index (κ3) is 1.98. The molecule has 2 rings (SSSR count). The molecule has 0 saturated heterocycles. The SMILES string of the molecule is O=C1[C@H](Cl)[C@@H]2CCCCCCCC[C@@H]12. The molecule has 2 saturated carbocycles. The van der Waals surface area contributed by atoms with Crippen LogP contribution >= 0.6 is 11.6 Å². The Hall–Kier alpha value is -0.0400. The number of alkyl halides is 1. The van der Waals surface area contributed by atoms with Gasteiger partial charge in [-0.2, -0.15) is 0 Å². The van der Waals surface area contributed by atoms with Crippen molar-refractivity contribution in [2.24, 2.45) is 11.8 Å². The Morgan fingerprint density at radius 2 is 1.50 bits per heavy atom. The van der Waals surface area contributed by atoms with Gasteiger partial charge in [-0.15, -0.1) is 11.6 Å². The van der Waals surface area contributed by atoms with Crippen molar-refractivity contribution in [3.05, 3.63) is 0 Å². The molecule has 80 valence electrons. The number of hydrogen-bond acceptors (Lipinski definition) is 1. The lowest BCUT2D eigenvalue weighted by molar-refractivity contribution is -0.134. The van der Waals surface area contributed by atoms with E-state index in [1.54, 1.807) is 0 Å². The van der Waals surface area contributed by atoms with Crippen LogP contribution in [0.3, 0.4) is 0 Å². The lowest BCUT2D eigenvalue weighted by Gasteiger charge is -2.40. The summed E-state index contributed by atoms with van der Waals surface area (Å²) in [6, 6.07) is 0. The summed E-state index contributed by atoms with van der Waals surface area (Å²) in [6.45, 7) is 0. The molecule has 14 heavy (non-hydrogen) atoms. The predicted octanol–water partition coefficient (Wildman–Crippen LogP) is 3.54. The Kier molecular flexibility index (Phi) is 3.48. The molecular weight excluding hydrogens is 196 g/mol. The monoisotopic (exact) mass is 214 g/mol. The zero-order chi connectivity index (χ0) is 9.97. The first-order chi connectivity index (χ1) is 6.80. The van der Waals surface area contributed by atoms with Crippen LogP contribution in [-0.2, 0) is 4.79 Å². The van der Waals surface area contributed by atoms with E-state index in [0.717, 1.165) is 6.42 Å². The Balaban J connectivity index is 1.90. The smallest absolute Gasteiger partial charge is 0.154 e. The van der Waals surface area contributed by atoms with Gasteiger partial charge in [-0.25, -0.2) is 0 Å². The number of carbonyl (C=O) groups excluding carboxylic acids is 1. The number of halogens is 1. The minimum absolute atomic E-state index is 0.139. The molecule has 0 radical (unpaired) electrons. The van der Waals surface area contributed by atoms with Gasteiger partial charge in [-0.1, -0.05) is 38.5 Å². The van der Waals surface area contributed by atoms with Crippen molar-refractivity contribution in [3.8, 4) is 0 Å². The second kappa shape index (κ2) is 4.65. The van der Waals surface area contributed by atoms with Crippen LogP contribution in [0.5, 0.6) is 0 Å². The van der Waals surface area contributed by atoms with Crippen molar-refractivity contribution in [1.82, 2.24) is 0 Å². The zero-order valence-corrected chi connectivity index (χ0v) is 9.43. The molecule has 0 spiro atoms. The first-order valence-electron chi connectivity index (χ1n) is 5.98. The summed E-state index contributed by atoms with van der Waals surface area (Å²) in [5, 5.41) is -0.139. The van der Waals surface area contributed by atoms with E-state index in [4.69, 9.17) is 11.6 Å². The first-order valence-corrected chi connectivity index (χ1v) is 6.42. The number of rotatable bonds is 0. The topological polar surface area (TPSA) is 17.1 Å². The Labute approximate surface area is 91.2 Å². The number of fused-ring (bicyclic) bond motifs is 1. The van der Waals surface area contributed by atoms with E-state index < -0.39 is 0 Å². The van der Waals surface area contributed by atoms with E-state index >= 15 is 0 Å². The minimum Gasteiger partial charge on any atom is -0.298 e. The van der Waals surface area contributed by atoms with Crippen LogP contribution in [0.4, 0.5) is 0 Å². The Morgan fingerprint density at radius 1 is 0.929 bits per heavy atom. The summed E-state index contributed by atoms with van der Waals surface area (Å²) in [7, 11) is 0. The zero-order valence-electron chi connectivity index (χ0n) is 8.68.